The van der Waals surface area contributed by atoms with Gasteiger partial charge in [-0.2, -0.15) is 0 Å². The molecule has 0 aliphatic rings. The molecule has 134 valence electrons. The molecule has 2 rings (SSSR count). The minimum absolute atomic E-state index is 0.105. The summed E-state index contributed by atoms with van der Waals surface area (Å²) in [5.74, 6) is -0.456. The molecule has 0 aliphatic heterocycles. The van der Waals surface area contributed by atoms with E-state index in [4.69, 9.17) is 4.74 Å². The van der Waals surface area contributed by atoms with E-state index in [-0.39, 0.29) is 24.4 Å². The first-order chi connectivity index (χ1) is 11.8. The molecule has 0 spiro atoms. The van der Waals surface area contributed by atoms with Crippen LogP contribution in [0.15, 0.2) is 23.6 Å². The smallest absolute Gasteiger partial charge is 0.309 e. The summed E-state index contributed by atoms with van der Waals surface area (Å²) in [6.07, 6.45) is 0.742. The van der Waals surface area contributed by atoms with Gasteiger partial charge in [-0.1, -0.05) is 26.0 Å². The third-order valence-corrected chi connectivity index (χ3v) is 5.11. The van der Waals surface area contributed by atoms with Crippen LogP contribution in [0.1, 0.15) is 44.0 Å². The minimum Gasteiger partial charge on any atom is -0.459 e. The second kappa shape index (κ2) is 8.25. The maximum Gasteiger partial charge on any atom is 0.309 e. The van der Waals surface area contributed by atoms with E-state index in [2.05, 4.69) is 4.98 Å². The van der Waals surface area contributed by atoms with Gasteiger partial charge < -0.3 is 4.74 Å². The van der Waals surface area contributed by atoms with Crippen molar-refractivity contribution in [3.63, 3.8) is 0 Å². The Kier molecular flexibility index (Phi) is 6.31. The summed E-state index contributed by atoms with van der Waals surface area (Å²) >= 11 is 1.36. The first-order valence-corrected chi connectivity index (χ1v) is 9.21. The standard InChI is InChI=1S/C19H24N2O3S/c1-6-12(2)18(23)24-10-16-11-25-19(20-16)21(15(5)22)17-9-7-8-13(3)14(17)4/h7-9,11-12H,6,10H2,1-5H3. The number of thiazole rings is 1. The third kappa shape index (κ3) is 4.45. The maximum atomic E-state index is 12.2. The van der Waals surface area contributed by atoms with Crippen LogP contribution in [0.4, 0.5) is 10.8 Å². The number of hydrogen-bond donors (Lipinski definition) is 0. The zero-order valence-corrected chi connectivity index (χ0v) is 16.1. The number of esters is 1. The number of nitrogens with zero attached hydrogens (tertiary/aromatic N) is 2. The van der Waals surface area contributed by atoms with Gasteiger partial charge in [-0.05, 0) is 37.5 Å². The Balaban J connectivity index is 2.21. The van der Waals surface area contributed by atoms with E-state index in [1.54, 1.807) is 4.90 Å². The van der Waals surface area contributed by atoms with Crippen molar-refractivity contribution in [2.75, 3.05) is 4.90 Å². The highest BCUT2D eigenvalue weighted by molar-refractivity contribution is 7.14. The van der Waals surface area contributed by atoms with Crippen molar-refractivity contribution in [3.8, 4) is 0 Å². The molecule has 0 saturated heterocycles. The number of hydrogen-bond acceptors (Lipinski definition) is 5. The quantitative estimate of drug-likeness (QED) is 0.710. The summed E-state index contributed by atoms with van der Waals surface area (Å²) in [6, 6.07) is 5.85. The lowest BCUT2D eigenvalue weighted by Crippen LogP contribution is -2.23. The minimum atomic E-state index is -0.227. The lowest BCUT2D eigenvalue weighted by molar-refractivity contribution is -0.149. The van der Waals surface area contributed by atoms with E-state index in [1.807, 2.05) is 51.3 Å². The number of rotatable bonds is 6. The van der Waals surface area contributed by atoms with Gasteiger partial charge in [0.1, 0.15) is 6.61 Å². The Morgan fingerprint density at radius 3 is 2.68 bits per heavy atom. The molecular weight excluding hydrogens is 336 g/mol. The van der Waals surface area contributed by atoms with Crippen molar-refractivity contribution in [1.29, 1.82) is 0 Å². The van der Waals surface area contributed by atoms with E-state index in [0.717, 1.165) is 23.2 Å². The Bertz CT molecular complexity index is 770. The van der Waals surface area contributed by atoms with Gasteiger partial charge in [0.15, 0.2) is 5.13 Å². The highest BCUT2D eigenvalue weighted by atomic mass is 32.1. The van der Waals surface area contributed by atoms with Crippen LogP contribution in [0.25, 0.3) is 0 Å². The number of aromatic nitrogens is 1. The van der Waals surface area contributed by atoms with Gasteiger partial charge in [-0.25, -0.2) is 4.98 Å². The van der Waals surface area contributed by atoms with Crippen LogP contribution in [0.5, 0.6) is 0 Å². The summed E-state index contributed by atoms with van der Waals surface area (Å²) in [7, 11) is 0. The molecule has 1 aromatic heterocycles. The molecule has 1 atom stereocenters. The van der Waals surface area contributed by atoms with E-state index >= 15 is 0 Å². The summed E-state index contributed by atoms with van der Waals surface area (Å²) in [5, 5.41) is 2.40. The van der Waals surface area contributed by atoms with Crippen LogP contribution >= 0.6 is 11.3 Å². The Labute approximate surface area is 152 Å². The topological polar surface area (TPSA) is 59.5 Å². The van der Waals surface area contributed by atoms with E-state index in [0.29, 0.717) is 10.8 Å². The number of anilines is 2. The molecule has 1 unspecified atom stereocenters. The fraction of sp³-hybridized carbons (Fsp3) is 0.421. The number of benzene rings is 1. The molecule has 2 aromatic rings. The Morgan fingerprint density at radius 2 is 2.04 bits per heavy atom. The maximum absolute atomic E-state index is 12.2. The number of carbonyl (C=O) groups is 2. The van der Waals surface area contributed by atoms with Crippen LogP contribution in [-0.2, 0) is 20.9 Å². The van der Waals surface area contributed by atoms with Crippen LogP contribution in [0, 0.1) is 19.8 Å². The number of ether oxygens (including phenoxy) is 1. The van der Waals surface area contributed by atoms with Crippen LogP contribution in [-0.4, -0.2) is 16.9 Å². The molecule has 0 N–H and O–H groups in total. The molecule has 0 aliphatic carbocycles. The van der Waals surface area contributed by atoms with Gasteiger partial charge in [-0.15, -0.1) is 11.3 Å². The van der Waals surface area contributed by atoms with Crippen molar-refractivity contribution < 1.29 is 14.3 Å². The predicted molar refractivity (Wildman–Crippen MR) is 100 cm³/mol. The molecule has 1 heterocycles. The predicted octanol–water partition coefficient (Wildman–Crippen LogP) is 4.53. The second-order valence-corrected chi connectivity index (χ2v) is 6.95. The monoisotopic (exact) mass is 360 g/mol. The van der Waals surface area contributed by atoms with Gasteiger partial charge in [0, 0.05) is 12.3 Å². The van der Waals surface area contributed by atoms with Crippen LogP contribution in [0.3, 0.4) is 0 Å². The summed E-state index contributed by atoms with van der Waals surface area (Å²) < 4.78 is 5.28. The summed E-state index contributed by atoms with van der Waals surface area (Å²) in [5.41, 5.74) is 3.62. The SMILES string of the molecule is CCC(C)C(=O)OCc1csc(N(C(C)=O)c2cccc(C)c2C)n1. The first kappa shape index (κ1) is 19.1. The molecule has 0 fully saturated rings. The van der Waals surface area contributed by atoms with Gasteiger partial charge >= 0.3 is 5.97 Å². The molecule has 0 radical (unpaired) electrons. The molecule has 0 bridgehead atoms. The second-order valence-electron chi connectivity index (χ2n) is 6.11. The average Bonchev–Trinajstić information content (AvgIpc) is 3.04. The number of amides is 1. The molecule has 6 heteroatoms. The van der Waals surface area contributed by atoms with Gasteiger partial charge in [0.2, 0.25) is 5.91 Å². The Hall–Kier alpha value is -2.21. The van der Waals surface area contributed by atoms with Crippen molar-refractivity contribution >= 4 is 34.0 Å². The van der Waals surface area contributed by atoms with Crippen molar-refractivity contribution in [3.05, 3.63) is 40.4 Å². The van der Waals surface area contributed by atoms with E-state index < -0.39 is 0 Å². The van der Waals surface area contributed by atoms with Crippen molar-refractivity contribution in [1.82, 2.24) is 4.98 Å². The zero-order chi connectivity index (χ0) is 18.6. The fourth-order valence-corrected chi connectivity index (χ4v) is 3.17. The first-order valence-electron chi connectivity index (χ1n) is 8.33. The molecule has 5 nitrogen and oxygen atoms in total. The van der Waals surface area contributed by atoms with Gasteiger partial charge in [0.05, 0.1) is 17.3 Å². The molecule has 25 heavy (non-hydrogen) atoms. The molecule has 1 aromatic carbocycles. The van der Waals surface area contributed by atoms with Gasteiger partial charge in [-0.3, -0.25) is 14.5 Å². The van der Waals surface area contributed by atoms with Crippen LogP contribution < -0.4 is 4.90 Å². The zero-order valence-electron chi connectivity index (χ0n) is 15.3. The lowest BCUT2D eigenvalue weighted by atomic mass is 10.1. The average molecular weight is 360 g/mol. The third-order valence-electron chi connectivity index (χ3n) is 4.24. The van der Waals surface area contributed by atoms with Gasteiger partial charge in [0.25, 0.3) is 0 Å². The fourth-order valence-electron chi connectivity index (χ4n) is 2.30. The Morgan fingerprint density at radius 1 is 1.32 bits per heavy atom. The highest BCUT2D eigenvalue weighted by Crippen LogP contribution is 2.32. The number of carbonyl (C=O) groups excluding carboxylic acids is 2. The largest absolute Gasteiger partial charge is 0.459 e. The van der Waals surface area contributed by atoms with Crippen LogP contribution in [0.2, 0.25) is 0 Å². The van der Waals surface area contributed by atoms with Crippen molar-refractivity contribution in [2.24, 2.45) is 5.92 Å². The summed E-state index contributed by atoms with van der Waals surface area (Å²) in [4.78, 5) is 30.1. The summed E-state index contributed by atoms with van der Waals surface area (Å²) in [6.45, 7) is 9.43. The normalized spacial score (nSPS) is 11.9. The van der Waals surface area contributed by atoms with Crippen molar-refractivity contribution in [2.45, 2.75) is 47.6 Å². The lowest BCUT2D eigenvalue weighted by Gasteiger charge is -2.21. The van der Waals surface area contributed by atoms with E-state index in [9.17, 15) is 9.59 Å². The van der Waals surface area contributed by atoms with E-state index in [1.165, 1.54) is 18.3 Å². The number of aryl methyl sites for hydroxylation is 1. The molecular formula is C19H24N2O3S. The molecule has 1 amide bonds. The highest BCUT2D eigenvalue weighted by Gasteiger charge is 2.21. The molecule has 0 saturated carbocycles.